The van der Waals surface area contributed by atoms with E-state index in [4.69, 9.17) is 4.74 Å². The van der Waals surface area contributed by atoms with E-state index < -0.39 is 17.7 Å². The highest BCUT2D eigenvalue weighted by Gasteiger charge is 2.34. The number of para-hydroxylation sites is 1. The van der Waals surface area contributed by atoms with Gasteiger partial charge in [-0.05, 0) is 78.1 Å². The SMILES string of the molecule is Cc1ccc(C)c(C(C(=O)Nc2ccccc2C)N(C(=O)CNC(=O)OC(C)(C)C)C(C)C)c1. The Morgan fingerprint density at radius 1 is 0.971 bits per heavy atom. The van der Waals surface area contributed by atoms with E-state index in [0.29, 0.717) is 5.69 Å². The van der Waals surface area contributed by atoms with Gasteiger partial charge in [-0.2, -0.15) is 0 Å². The summed E-state index contributed by atoms with van der Waals surface area (Å²) < 4.78 is 5.25. The first kappa shape index (κ1) is 26.9. The van der Waals surface area contributed by atoms with Crippen LogP contribution in [-0.2, 0) is 14.3 Å². The third kappa shape index (κ3) is 7.33. The van der Waals surface area contributed by atoms with E-state index in [9.17, 15) is 14.4 Å². The molecule has 2 rings (SSSR count). The molecule has 0 heterocycles. The molecule has 7 nitrogen and oxygen atoms in total. The molecule has 2 aromatic rings. The molecule has 0 spiro atoms. The van der Waals surface area contributed by atoms with Crippen LogP contribution in [0.15, 0.2) is 42.5 Å². The lowest BCUT2D eigenvalue weighted by atomic mass is 9.95. The Labute approximate surface area is 202 Å². The maximum absolute atomic E-state index is 13.7. The number of ether oxygens (including phenoxy) is 1. The summed E-state index contributed by atoms with van der Waals surface area (Å²) in [6.45, 7) is 14.5. The Hall–Kier alpha value is -3.35. The van der Waals surface area contributed by atoms with Crippen molar-refractivity contribution in [1.29, 1.82) is 0 Å². The zero-order chi connectivity index (χ0) is 25.6. The summed E-state index contributed by atoms with van der Waals surface area (Å²) in [6, 6.07) is 12.2. The number of nitrogens with zero attached hydrogens (tertiary/aromatic N) is 1. The lowest BCUT2D eigenvalue weighted by molar-refractivity contribution is -0.140. The Morgan fingerprint density at radius 2 is 1.62 bits per heavy atom. The Kier molecular flexibility index (Phi) is 8.85. The molecule has 0 aromatic heterocycles. The number of carbonyl (C=O) groups excluding carboxylic acids is 3. The number of carbonyl (C=O) groups is 3. The van der Waals surface area contributed by atoms with E-state index in [1.807, 2.05) is 77.1 Å². The van der Waals surface area contributed by atoms with Crippen molar-refractivity contribution in [3.05, 3.63) is 64.7 Å². The summed E-state index contributed by atoms with van der Waals surface area (Å²) in [5, 5.41) is 5.52. The van der Waals surface area contributed by atoms with Gasteiger partial charge in [0.25, 0.3) is 5.91 Å². The molecule has 3 amide bonds. The molecule has 7 heteroatoms. The summed E-state index contributed by atoms with van der Waals surface area (Å²) in [7, 11) is 0. The van der Waals surface area contributed by atoms with Crippen molar-refractivity contribution in [3.63, 3.8) is 0 Å². The number of amides is 3. The Balaban J connectivity index is 2.42. The maximum atomic E-state index is 13.7. The first-order valence-electron chi connectivity index (χ1n) is 11.5. The van der Waals surface area contributed by atoms with E-state index in [1.165, 1.54) is 4.90 Å². The highest BCUT2D eigenvalue weighted by atomic mass is 16.6. The second kappa shape index (κ2) is 11.2. The summed E-state index contributed by atoms with van der Waals surface area (Å²) in [5.41, 5.74) is 3.55. The summed E-state index contributed by atoms with van der Waals surface area (Å²) in [6.07, 6.45) is -0.683. The van der Waals surface area contributed by atoms with Crippen molar-refractivity contribution in [2.75, 3.05) is 11.9 Å². The highest BCUT2D eigenvalue weighted by molar-refractivity contribution is 5.99. The van der Waals surface area contributed by atoms with Crippen LogP contribution in [0.3, 0.4) is 0 Å². The van der Waals surface area contributed by atoms with Gasteiger partial charge in [0.05, 0.1) is 0 Å². The minimum atomic E-state index is -0.882. The third-order valence-corrected chi connectivity index (χ3v) is 5.29. The van der Waals surface area contributed by atoms with Gasteiger partial charge in [0, 0.05) is 11.7 Å². The number of rotatable bonds is 7. The zero-order valence-electron chi connectivity index (χ0n) is 21.5. The smallest absolute Gasteiger partial charge is 0.408 e. The van der Waals surface area contributed by atoms with Crippen LogP contribution < -0.4 is 10.6 Å². The number of anilines is 1. The largest absolute Gasteiger partial charge is 0.444 e. The minimum Gasteiger partial charge on any atom is -0.444 e. The maximum Gasteiger partial charge on any atom is 0.408 e. The lowest BCUT2D eigenvalue weighted by Gasteiger charge is -2.35. The fourth-order valence-electron chi connectivity index (χ4n) is 3.67. The molecule has 2 N–H and O–H groups in total. The monoisotopic (exact) mass is 467 g/mol. The van der Waals surface area contributed by atoms with Gasteiger partial charge in [0.1, 0.15) is 18.2 Å². The van der Waals surface area contributed by atoms with Crippen molar-refractivity contribution < 1.29 is 19.1 Å². The number of hydrogen-bond acceptors (Lipinski definition) is 4. The zero-order valence-corrected chi connectivity index (χ0v) is 21.5. The molecule has 2 aromatic carbocycles. The number of alkyl carbamates (subject to hydrolysis) is 1. The minimum absolute atomic E-state index is 0.286. The predicted octanol–water partition coefficient (Wildman–Crippen LogP) is 5.05. The molecule has 0 radical (unpaired) electrons. The van der Waals surface area contributed by atoms with Crippen LogP contribution in [0.2, 0.25) is 0 Å². The number of benzene rings is 2. The molecule has 0 aliphatic heterocycles. The molecule has 0 aliphatic rings. The lowest BCUT2D eigenvalue weighted by Crippen LogP contribution is -2.49. The quantitative estimate of drug-likeness (QED) is 0.596. The fraction of sp³-hybridized carbons (Fsp3) is 0.444. The topological polar surface area (TPSA) is 87.7 Å². The van der Waals surface area contributed by atoms with E-state index >= 15 is 0 Å². The molecule has 0 fully saturated rings. The van der Waals surface area contributed by atoms with Crippen LogP contribution in [0, 0.1) is 20.8 Å². The second-order valence-corrected chi connectivity index (χ2v) is 9.82. The van der Waals surface area contributed by atoms with Crippen molar-refractivity contribution in [3.8, 4) is 0 Å². The van der Waals surface area contributed by atoms with Crippen LogP contribution in [0.1, 0.15) is 62.9 Å². The molecule has 1 unspecified atom stereocenters. The molecular weight excluding hydrogens is 430 g/mol. The van der Waals surface area contributed by atoms with Crippen molar-refractivity contribution in [2.45, 2.75) is 73.1 Å². The van der Waals surface area contributed by atoms with Crippen LogP contribution in [-0.4, -0.2) is 41.0 Å². The summed E-state index contributed by atoms with van der Waals surface area (Å²) in [5.74, 6) is -0.700. The van der Waals surface area contributed by atoms with E-state index in [2.05, 4.69) is 10.6 Å². The van der Waals surface area contributed by atoms with E-state index in [1.54, 1.807) is 20.8 Å². The van der Waals surface area contributed by atoms with Gasteiger partial charge in [-0.15, -0.1) is 0 Å². The van der Waals surface area contributed by atoms with Crippen LogP contribution >= 0.6 is 0 Å². The fourth-order valence-corrected chi connectivity index (χ4v) is 3.67. The Bertz CT molecular complexity index is 1040. The normalized spacial score (nSPS) is 12.1. The molecular formula is C27H37N3O4. The average molecular weight is 468 g/mol. The molecule has 0 bridgehead atoms. The van der Waals surface area contributed by atoms with Crippen LogP contribution in [0.5, 0.6) is 0 Å². The summed E-state index contributed by atoms with van der Waals surface area (Å²) in [4.78, 5) is 40.7. The standard InChI is InChI=1S/C27H37N3O4/c1-17(2)30(23(31)16-28-26(33)34-27(6,7)8)24(21-15-18(3)13-14-19(21)4)25(32)29-22-12-10-9-11-20(22)5/h9-15,17,24H,16H2,1-8H3,(H,28,33)(H,29,32). The van der Waals surface area contributed by atoms with Gasteiger partial charge >= 0.3 is 6.09 Å². The molecule has 0 aliphatic carbocycles. The van der Waals surface area contributed by atoms with Crippen molar-refractivity contribution in [1.82, 2.24) is 10.2 Å². The van der Waals surface area contributed by atoms with E-state index in [0.717, 1.165) is 22.3 Å². The summed E-state index contributed by atoms with van der Waals surface area (Å²) >= 11 is 0. The molecule has 0 saturated carbocycles. The first-order chi connectivity index (χ1) is 15.8. The van der Waals surface area contributed by atoms with E-state index in [-0.39, 0.29) is 24.4 Å². The van der Waals surface area contributed by atoms with Gasteiger partial charge in [-0.1, -0.05) is 42.0 Å². The van der Waals surface area contributed by atoms with Crippen molar-refractivity contribution in [2.24, 2.45) is 0 Å². The number of nitrogens with one attached hydrogen (secondary N) is 2. The van der Waals surface area contributed by atoms with Gasteiger partial charge in [-0.3, -0.25) is 9.59 Å². The van der Waals surface area contributed by atoms with Crippen molar-refractivity contribution >= 4 is 23.6 Å². The molecule has 1 atom stereocenters. The molecule has 0 saturated heterocycles. The second-order valence-electron chi connectivity index (χ2n) is 9.82. The van der Waals surface area contributed by atoms with Gasteiger partial charge in [-0.25, -0.2) is 4.79 Å². The first-order valence-corrected chi connectivity index (χ1v) is 11.5. The van der Waals surface area contributed by atoms with Gasteiger partial charge < -0.3 is 20.3 Å². The van der Waals surface area contributed by atoms with Crippen LogP contribution in [0.25, 0.3) is 0 Å². The molecule has 184 valence electrons. The Morgan fingerprint density at radius 3 is 2.21 bits per heavy atom. The number of hydrogen-bond donors (Lipinski definition) is 2. The number of aryl methyl sites for hydroxylation is 3. The van der Waals surface area contributed by atoms with Crippen LogP contribution in [0.4, 0.5) is 10.5 Å². The van der Waals surface area contributed by atoms with Gasteiger partial charge in [0.15, 0.2) is 0 Å². The third-order valence-electron chi connectivity index (χ3n) is 5.29. The molecule has 34 heavy (non-hydrogen) atoms. The van der Waals surface area contributed by atoms with Gasteiger partial charge in [0.2, 0.25) is 5.91 Å². The predicted molar refractivity (Wildman–Crippen MR) is 135 cm³/mol. The average Bonchev–Trinajstić information content (AvgIpc) is 2.72. The highest BCUT2D eigenvalue weighted by Crippen LogP contribution is 2.29.